The first-order chi connectivity index (χ1) is 15.1. The quantitative estimate of drug-likeness (QED) is 0.520. The van der Waals surface area contributed by atoms with Gasteiger partial charge in [-0.1, -0.05) is 42.0 Å². The molecule has 0 saturated carbocycles. The molecule has 1 aliphatic rings. The third kappa shape index (κ3) is 4.34. The number of nitrogens with one attached hydrogen (secondary N) is 2. The van der Waals surface area contributed by atoms with Crippen LogP contribution in [0.25, 0.3) is 0 Å². The van der Waals surface area contributed by atoms with E-state index in [-0.39, 0.29) is 17.8 Å². The lowest BCUT2D eigenvalue weighted by Gasteiger charge is -2.34. The van der Waals surface area contributed by atoms with Gasteiger partial charge >= 0.3 is 6.18 Å². The predicted octanol–water partition coefficient (Wildman–Crippen LogP) is 5.16. The molecule has 0 fully saturated rings. The van der Waals surface area contributed by atoms with E-state index >= 15 is 0 Å². The van der Waals surface area contributed by atoms with Crippen LogP contribution < -0.4 is 10.6 Å². The van der Waals surface area contributed by atoms with Crippen molar-refractivity contribution in [3.63, 3.8) is 0 Å². The van der Waals surface area contributed by atoms with Gasteiger partial charge in [-0.3, -0.25) is 4.79 Å². The molecule has 0 spiro atoms. The lowest BCUT2D eigenvalue weighted by atomic mass is 9.96. The Morgan fingerprint density at radius 2 is 1.84 bits per heavy atom. The predicted molar refractivity (Wildman–Crippen MR) is 115 cm³/mol. The molecule has 6 nitrogen and oxygen atoms in total. The Hall–Kier alpha value is -3.33. The largest absolute Gasteiger partial charge is 0.410 e. The monoisotopic (exact) mass is 444 g/mol. The van der Waals surface area contributed by atoms with Crippen LogP contribution in [0, 0.1) is 6.92 Å². The Kier molecular flexibility index (Phi) is 5.68. The molecule has 2 heterocycles. The van der Waals surface area contributed by atoms with E-state index in [4.69, 9.17) is 0 Å². The molecule has 9 heteroatoms. The number of aliphatic hydroxyl groups is 1. The first-order valence-corrected chi connectivity index (χ1v) is 10.2. The summed E-state index contributed by atoms with van der Waals surface area (Å²) in [4.78, 5) is 12.9. The number of rotatable bonds is 4. The van der Waals surface area contributed by atoms with Crippen LogP contribution in [0.5, 0.6) is 0 Å². The number of carbonyl (C=O) groups is 1. The summed E-state index contributed by atoms with van der Waals surface area (Å²) < 4.78 is 42.3. The lowest BCUT2D eigenvalue weighted by molar-refractivity contribution is -0.173. The molecule has 168 valence electrons. The molecule has 1 aromatic heterocycles. The number of benzene rings is 2. The summed E-state index contributed by atoms with van der Waals surface area (Å²) in [6, 6.07) is 11.4. The Morgan fingerprint density at radius 3 is 2.44 bits per heavy atom. The summed E-state index contributed by atoms with van der Waals surface area (Å²) in [5, 5.41) is 19.3. The second-order valence-corrected chi connectivity index (χ2v) is 8.00. The van der Waals surface area contributed by atoms with Crippen LogP contribution in [0.15, 0.2) is 54.7 Å². The Bertz CT molecular complexity index is 1110. The number of fused-ring (bicyclic) bond motifs is 1. The second kappa shape index (κ2) is 8.31. The maximum Gasteiger partial charge on any atom is 0.410 e. The van der Waals surface area contributed by atoms with E-state index in [9.17, 15) is 23.1 Å². The summed E-state index contributed by atoms with van der Waals surface area (Å²) in [7, 11) is 0. The minimum atomic E-state index is -4.52. The number of anilines is 2. The molecule has 0 aliphatic carbocycles. The third-order valence-corrected chi connectivity index (χ3v) is 5.61. The third-order valence-electron chi connectivity index (χ3n) is 5.61. The Balaban J connectivity index is 1.64. The van der Waals surface area contributed by atoms with E-state index in [1.165, 1.54) is 0 Å². The topological polar surface area (TPSA) is 79.2 Å². The van der Waals surface area contributed by atoms with Crippen LogP contribution in [0.3, 0.4) is 0 Å². The van der Waals surface area contributed by atoms with E-state index in [0.717, 1.165) is 16.4 Å². The number of nitrogens with zero attached hydrogens (tertiary/aromatic N) is 2. The second-order valence-electron chi connectivity index (χ2n) is 8.00. The average Bonchev–Trinajstić information content (AvgIpc) is 3.17. The Labute approximate surface area is 183 Å². The number of hydrogen-bond acceptors (Lipinski definition) is 4. The van der Waals surface area contributed by atoms with E-state index in [0.29, 0.717) is 16.8 Å². The van der Waals surface area contributed by atoms with Crippen molar-refractivity contribution < 1.29 is 23.1 Å². The number of halogens is 3. The summed E-state index contributed by atoms with van der Waals surface area (Å²) in [5.41, 5.74) is 2.87. The van der Waals surface area contributed by atoms with Gasteiger partial charge in [-0.25, -0.2) is 4.68 Å². The molecule has 0 bridgehead atoms. The van der Waals surface area contributed by atoms with Crippen molar-refractivity contribution in [3.05, 3.63) is 77.0 Å². The van der Waals surface area contributed by atoms with Gasteiger partial charge in [0.25, 0.3) is 5.91 Å². The van der Waals surface area contributed by atoms with Crippen LogP contribution in [0.2, 0.25) is 0 Å². The number of aryl methyl sites for hydroxylation is 1. The fraction of sp³-hybridized carbons (Fsp3) is 0.304. The first kappa shape index (κ1) is 21.9. The minimum absolute atomic E-state index is 0.0238. The average molecular weight is 444 g/mol. The fourth-order valence-electron chi connectivity index (χ4n) is 3.79. The maximum atomic E-state index is 13.8. The standard InChI is InChI=1S/C23H23F3N4O2/c1-13-3-5-16(6-4-13)19-11-20(23(24,25)26)30-21(29-19)18(12-27-30)22(32)28-17-9-7-15(8-10-17)14(2)31/h3-10,12,14,19-20,29,31H,11H2,1-2H3,(H,28,32)/t14-,19+,20-/m0/s1. The van der Waals surface area contributed by atoms with Gasteiger partial charge in [0.1, 0.15) is 11.4 Å². The van der Waals surface area contributed by atoms with Gasteiger partial charge in [-0.05, 0) is 37.1 Å². The normalized spacial score (nSPS) is 19.1. The number of aliphatic hydroxyl groups excluding tert-OH is 1. The van der Waals surface area contributed by atoms with Crippen molar-refractivity contribution in [1.82, 2.24) is 9.78 Å². The summed E-state index contributed by atoms with van der Waals surface area (Å²) in [5.74, 6) is -0.545. The first-order valence-electron chi connectivity index (χ1n) is 10.2. The zero-order chi connectivity index (χ0) is 23.0. The molecule has 2 aromatic carbocycles. The smallest absolute Gasteiger partial charge is 0.389 e. The van der Waals surface area contributed by atoms with Gasteiger partial charge < -0.3 is 15.7 Å². The van der Waals surface area contributed by atoms with E-state index in [1.54, 1.807) is 43.3 Å². The van der Waals surface area contributed by atoms with Crippen LogP contribution in [0.4, 0.5) is 24.7 Å². The molecule has 3 aromatic rings. The van der Waals surface area contributed by atoms with Gasteiger partial charge in [-0.15, -0.1) is 0 Å². The van der Waals surface area contributed by atoms with Gasteiger partial charge in [0.2, 0.25) is 0 Å². The molecule has 0 saturated heterocycles. The molecule has 0 unspecified atom stereocenters. The van der Waals surface area contributed by atoms with E-state index < -0.39 is 30.3 Å². The summed E-state index contributed by atoms with van der Waals surface area (Å²) in [6.07, 6.45) is -4.25. The van der Waals surface area contributed by atoms with Crippen molar-refractivity contribution in [3.8, 4) is 0 Å². The molecule has 0 radical (unpaired) electrons. The lowest BCUT2D eigenvalue weighted by Crippen LogP contribution is -2.36. The van der Waals surface area contributed by atoms with Crippen LogP contribution in [-0.4, -0.2) is 27.0 Å². The van der Waals surface area contributed by atoms with Crippen molar-refractivity contribution in [2.75, 3.05) is 10.6 Å². The summed E-state index contributed by atoms with van der Waals surface area (Å²) >= 11 is 0. The van der Waals surface area contributed by atoms with Crippen molar-refractivity contribution >= 4 is 17.4 Å². The van der Waals surface area contributed by atoms with Gasteiger partial charge in [-0.2, -0.15) is 18.3 Å². The minimum Gasteiger partial charge on any atom is -0.389 e. The van der Waals surface area contributed by atoms with Crippen LogP contribution in [0.1, 0.15) is 58.6 Å². The van der Waals surface area contributed by atoms with Crippen molar-refractivity contribution in [2.24, 2.45) is 0 Å². The molecular formula is C23H23F3N4O2. The number of hydrogen-bond donors (Lipinski definition) is 3. The van der Waals surface area contributed by atoms with E-state index in [2.05, 4.69) is 15.7 Å². The molecule has 1 amide bonds. The molecule has 32 heavy (non-hydrogen) atoms. The van der Waals surface area contributed by atoms with Crippen molar-refractivity contribution in [1.29, 1.82) is 0 Å². The van der Waals surface area contributed by atoms with Crippen LogP contribution in [-0.2, 0) is 0 Å². The van der Waals surface area contributed by atoms with Crippen LogP contribution >= 0.6 is 0 Å². The molecule has 1 aliphatic heterocycles. The maximum absolute atomic E-state index is 13.8. The van der Waals surface area contributed by atoms with Gasteiger partial charge in [0.15, 0.2) is 6.04 Å². The summed E-state index contributed by atoms with van der Waals surface area (Å²) in [6.45, 7) is 3.53. The highest BCUT2D eigenvalue weighted by Gasteiger charge is 2.47. The SMILES string of the molecule is Cc1ccc([C@H]2C[C@@H](C(F)(F)F)n3ncc(C(=O)Nc4ccc([C@H](C)O)cc4)c3N2)cc1. The highest BCUT2D eigenvalue weighted by molar-refractivity contribution is 6.07. The zero-order valence-corrected chi connectivity index (χ0v) is 17.5. The fourth-order valence-corrected chi connectivity index (χ4v) is 3.79. The Morgan fingerprint density at radius 1 is 1.19 bits per heavy atom. The molecule has 3 N–H and O–H groups in total. The molecular weight excluding hydrogens is 421 g/mol. The van der Waals surface area contributed by atoms with Gasteiger partial charge in [0, 0.05) is 12.1 Å². The number of amides is 1. The zero-order valence-electron chi connectivity index (χ0n) is 17.5. The van der Waals surface area contributed by atoms with Crippen molar-refractivity contribution in [2.45, 2.75) is 44.6 Å². The highest BCUT2D eigenvalue weighted by atomic mass is 19.4. The molecule has 3 atom stereocenters. The highest BCUT2D eigenvalue weighted by Crippen LogP contribution is 2.44. The van der Waals surface area contributed by atoms with E-state index in [1.807, 2.05) is 19.1 Å². The number of alkyl halides is 3. The number of carbonyl (C=O) groups excluding carboxylic acids is 1. The van der Waals surface area contributed by atoms with Gasteiger partial charge in [0.05, 0.1) is 18.3 Å². The number of aromatic nitrogens is 2. The molecule has 4 rings (SSSR count).